The van der Waals surface area contributed by atoms with Crippen molar-refractivity contribution in [1.82, 2.24) is 0 Å². The summed E-state index contributed by atoms with van der Waals surface area (Å²) in [5, 5.41) is 8.96. The van der Waals surface area contributed by atoms with Gasteiger partial charge in [-0.2, -0.15) is 13.2 Å². The summed E-state index contributed by atoms with van der Waals surface area (Å²) in [7, 11) is 0. The number of halogens is 3. The number of rotatable bonds is 2. The first-order valence-electron chi connectivity index (χ1n) is 3.91. The molecule has 0 radical (unpaired) electrons. The molecule has 0 aliphatic heterocycles. The van der Waals surface area contributed by atoms with Crippen LogP contribution in [0, 0.1) is 0 Å². The fraction of sp³-hybridized carbons (Fsp3) is 0.222. The van der Waals surface area contributed by atoms with E-state index in [0.717, 1.165) is 6.07 Å². The molecule has 1 N–H and O–H groups in total. The molecule has 0 amide bonds. The van der Waals surface area contributed by atoms with Crippen molar-refractivity contribution in [2.45, 2.75) is 6.18 Å². The lowest BCUT2D eigenvalue weighted by atomic mass is 10.2. The van der Waals surface area contributed by atoms with Gasteiger partial charge in [-0.05, 0) is 18.2 Å². The Kier molecular flexibility index (Phi) is 3.18. The largest absolute Gasteiger partial charge is 0.508 e. The minimum atomic E-state index is -4.55. The molecule has 0 unspecified atom stereocenters. The Morgan fingerprint density at radius 1 is 1.40 bits per heavy atom. The summed E-state index contributed by atoms with van der Waals surface area (Å²) in [6.07, 6.45) is -4.55. The lowest BCUT2D eigenvalue weighted by Crippen LogP contribution is -2.20. The highest BCUT2D eigenvalue weighted by molar-refractivity contribution is 5.89. The van der Waals surface area contributed by atoms with Crippen LogP contribution in [0.1, 0.15) is 10.4 Å². The Hall–Kier alpha value is -1.72. The molecule has 82 valence electrons. The second-order valence-corrected chi connectivity index (χ2v) is 2.74. The van der Waals surface area contributed by atoms with Crippen LogP contribution >= 0.6 is 0 Å². The van der Waals surface area contributed by atoms with Gasteiger partial charge in [0.1, 0.15) is 5.75 Å². The van der Waals surface area contributed by atoms with Crippen molar-refractivity contribution in [3.63, 3.8) is 0 Å². The number of hydrogen-bond acceptors (Lipinski definition) is 3. The third-order valence-electron chi connectivity index (χ3n) is 1.45. The van der Waals surface area contributed by atoms with Gasteiger partial charge in [0, 0.05) is 0 Å². The molecule has 1 aromatic carbocycles. The number of carbonyl (C=O) groups is 1. The highest BCUT2D eigenvalue weighted by Gasteiger charge is 2.29. The van der Waals surface area contributed by atoms with Crippen LogP contribution in [0.5, 0.6) is 5.75 Å². The molecule has 6 heteroatoms. The number of phenolic OH excluding ortho intramolecular Hbond substituents is 1. The molecule has 1 aromatic rings. The Labute approximate surface area is 83.1 Å². The van der Waals surface area contributed by atoms with E-state index in [9.17, 15) is 18.0 Å². The van der Waals surface area contributed by atoms with Crippen LogP contribution < -0.4 is 0 Å². The van der Waals surface area contributed by atoms with Gasteiger partial charge in [-0.25, -0.2) is 4.79 Å². The Morgan fingerprint density at radius 3 is 2.60 bits per heavy atom. The number of carbonyl (C=O) groups excluding carboxylic acids is 1. The van der Waals surface area contributed by atoms with E-state index < -0.39 is 18.8 Å². The molecule has 0 heterocycles. The van der Waals surface area contributed by atoms with Crippen molar-refractivity contribution >= 4 is 5.97 Å². The van der Waals surface area contributed by atoms with E-state index >= 15 is 0 Å². The molecule has 15 heavy (non-hydrogen) atoms. The SMILES string of the molecule is O=C(OCC(F)(F)F)c1cccc(O)c1. The molecule has 0 aromatic heterocycles. The fourth-order valence-corrected chi connectivity index (χ4v) is 0.864. The van der Waals surface area contributed by atoms with Gasteiger partial charge in [0.25, 0.3) is 0 Å². The highest BCUT2D eigenvalue weighted by atomic mass is 19.4. The van der Waals surface area contributed by atoms with Gasteiger partial charge in [-0.15, -0.1) is 0 Å². The summed E-state index contributed by atoms with van der Waals surface area (Å²) in [6.45, 7) is -1.64. The zero-order valence-electron chi connectivity index (χ0n) is 7.41. The van der Waals surface area contributed by atoms with E-state index in [2.05, 4.69) is 4.74 Å². The summed E-state index contributed by atoms with van der Waals surface area (Å²) in [6, 6.07) is 4.90. The zero-order valence-corrected chi connectivity index (χ0v) is 7.41. The molecule has 0 aliphatic rings. The number of esters is 1. The maximum absolute atomic E-state index is 11.7. The molecule has 1 rings (SSSR count). The van der Waals surface area contributed by atoms with Gasteiger partial charge in [0.05, 0.1) is 5.56 Å². The summed E-state index contributed by atoms with van der Waals surface area (Å²) in [5.41, 5.74) is -0.126. The van der Waals surface area contributed by atoms with Crippen LogP contribution in [0.2, 0.25) is 0 Å². The van der Waals surface area contributed by atoms with Crippen LogP contribution in [0.25, 0.3) is 0 Å². The van der Waals surface area contributed by atoms with Crippen LogP contribution in [0.4, 0.5) is 13.2 Å². The van der Waals surface area contributed by atoms with Gasteiger partial charge in [-0.3, -0.25) is 0 Å². The van der Waals surface area contributed by atoms with Crippen molar-refractivity contribution in [3.8, 4) is 5.75 Å². The van der Waals surface area contributed by atoms with Crippen LogP contribution in [0.15, 0.2) is 24.3 Å². The first kappa shape index (κ1) is 11.4. The maximum atomic E-state index is 11.7. The predicted molar refractivity (Wildman–Crippen MR) is 44.4 cm³/mol. The lowest BCUT2D eigenvalue weighted by Gasteiger charge is -2.07. The van der Waals surface area contributed by atoms with Crippen LogP contribution in [0.3, 0.4) is 0 Å². The minimum Gasteiger partial charge on any atom is -0.508 e. The van der Waals surface area contributed by atoms with E-state index in [0.29, 0.717) is 0 Å². The second-order valence-electron chi connectivity index (χ2n) is 2.74. The number of hydrogen-bond donors (Lipinski definition) is 1. The molecular formula is C9H7F3O3. The van der Waals surface area contributed by atoms with Gasteiger partial charge in [-0.1, -0.05) is 6.07 Å². The standard InChI is InChI=1S/C9H7F3O3/c10-9(11,12)5-15-8(14)6-2-1-3-7(13)4-6/h1-4,13H,5H2. The zero-order chi connectivity index (χ0) is 11.5. The molecule has 3 nitrogen and oxygen atoms in total. The lowest BCUT2D eigenvalue weighted by molar-refractivity contribution is -0.161. The summed E-state index contributed by atoms with van der Waals surface area (Å²) < 4.78 is 39.0. The van der Waals surface area contributed by atoms with Gasteiger partial charge >= 0.3 is 12.1 Å². The van der Waals surface area contributed by atoms with E-state index in [1.165, 1.54) is 18.2 Å². The first-order chi connectivity index (χ1) is 6.88. The van der Waals surface area contributed by atoms with Crippen molar-refractivity contribution in [2.24, 2.45) is 0 Å². The number of benzene rings is 1. The molecule has 0 aliphatic carbocycles. The Bertz CT molecular complexity index is 360. The predicted octanol–water partition coefficient (Wildman–Crippen LogP) is 2.11. The smallest absolute Gasteiger partial charge is 0.422 e. The number of phenols is 1. The summed E-state index contributed by atoms with van der Waals surface area (Å²) in [4.78, 5) is 11.0. The Morgan fingerprint density at radius 2 is 2.07 bits per heavy atom. The van der Waals surface area contributed by atoms with Gasteiger partial charge < -0.3 is 9.84 Å². The van der Waals surface area contributed by atoms with Gasteiger partial charge in [0.2, 0.25) is 0 Å². The quantitative estimate of drug-likeness (QED) is 0.776. The second kappa shape index (κ2) is 4.20. The fourth-order valence-electron chi connectivity index (χ4n) is 0.864. The van der Waals surface area contributed by atoms with Crippen molar-refractivity contribution in [2.75, 3.05) is 6.61 Å². The average Bonchev–Trinajstić information content (AvgIpc) is 2.13. The monoisotopic (exact) mass is 220 g/mol. The third kappa shape index (κ3) is 3.88. The molecule has 0 atom stereocenters. The number of ether oxygens (including phenoxy) is 1. The molecular weight excluding hydrogens is 213 g/mol. The molecule has 0 fully saturated rings. The minimum absolute atomic E-state index is 0.126. The summed E-state index contributed by atoms with van der Waals surface area (Å²) in [5.74, 6) is -1.33. The molecule has 0 spiro atoms. The highest BCUT2D eigenvalue weighted by Crippen LogP contribution is 2.17. The topological polar surface area (TPSA) is 46.5 Å². The molecule has 0 saturated heterocycles. The summed E-state index contributed by atoms with van der Waals surface area (Å²) >= 11 is 0. The third-order valence-corrected chi connectivity index (χ3v) is 1.45. The average molecular weight is 220 g/mol. The Balaban J connectivity index is 2.62. The van der Waals surface area contributed by atoms with Crippen molar-refractivity contribution < 1.29 is 27.8 Å². The molecule has 0 bridgehead atoms. The van der Waals surface area contributed by atoms with E-state index in [-0.39, 0.29) is 11.3 Å². The van der Waals surface area contributed by atoms with Crippen LogP contribution in [-0.2, 0) is 4.74 Å². The maximum Gasteiger partial charge on any atom is 0.422 e. The number of alkyl halides is 3. The van der Waals surface area contributed by atoms with E-state index in [4.69, 9.17) is 5.11 Å². The van der Waals surface area contributed by atoms with Crippen molar-refractivity contribution in [1.29, 1.82) is 0 Å². The molecule has 0 saturated carbocycles. The normalized spacial score (nSPS) is 11.1. The number of aromatic hydroxyl groups is 1. The van der Waals surface area contributed by atoms with Crippen molar-refractivity contribution in [3.05, 3.63) is 29.8 Å². The van der Waals surface area contributed by atoms with Crippen LogP contribution in [-0.4, -0.2) is 23.9 Å². The first-order valence-corrected chi connectivity index (χ1v) is 3.91. The van der Waals surface area contributed by atoms with Gasteiger partial charge in [0.15, 0.2) is 6.61 Å². The van der Waals surface area contributed by atoms with E-state index in [1.54, 1.807) is 0 Å². The van der Waals surface area contributed by atoms with E-state index in [1.807, 2.05) is 0 Å².